The molecule has 0 unspecified atom stereocenters. The highest BCUT2D eigenvalue weighted by atomic mass is 35.5. The van der Waals surface area contributed by atoms with Gasteiger partial charge in [-0.15, -0.1) is 11.6 Å². The van der Waals surface area contributed by atoms with Crippen LogP contribution in [0.5, 0.6) is 0 Å². The summed E-state index contributed by atoms with van der Waals surface area (Å²) in [7, 11) is 0. The number of hydrogen-bond donors (Lipinski definition) is 0. The predicted octanol–water partition coefficient (Wildman–Crippen LogP) is 3.11. The van der Waals surface area contributed by atoms with Gasteiger partial charge in [0.05, 0.1) is 5.88 Å². The van der Waals surface area contributed by atoms with E-state index in [-0.39, 0.29) is 0 Å². The minimum absolute atomic E-state index is 0.334. The fraction of sp³-hybridized carbons (Fsp3) is 0.636. The van der Waals surface area contributed by atoms with Gasteiger partial charge in [0.2, 0.25) is 0 Å². The molecule has 0 N–H and O–H groups in total. The molecule has 1 saturated heterocycles. The van der Waals surface area contributed by atoms with Gasteiger partial charge >= 0.3 is 0 Å². The summed E-state index contributed by atoms with van der Waals surface area (Å²) >= 11 is 11.9. The van der Waals surface area contributed by atoms with Crippen molar-refractivity contribution in [3.63, 3.8) is 0 Å². The molecule has 0 amide bonds. The molecular weight excluding hydrogens is 245 g/mol. The van der Waals surface area contributed by atoms with E-state index in [1.54, 1.807) is 0 Å². The lowest BCUT2D eigenvalue weighted by Gasteiger charge is -2.22. The number of hydrogen-bond acceptors (Lipinski definition) is 3. The molecule has 5 heteroatoms. The fourth-order valence-corrected chi connectivity index (χ4v) is 2.57. The van der Waals surface area contributed by atoms with Crippen molar-refractivity contribution in [2.45, 2.75) is 26.1 Å². The standard InChI is InChI=1S/C11H15Cl2N3/c1-11(2)3-4-16(6-11)10-8(5-12)9(13)14-7-15-10/h7H,3-6H2,1-2H3. The molecule has 1 aromatic rings. The second-order valence-corrected chi connectivity index (χ2v) is 5.56. The van der Waals surface area contributed by atoms with Crippen molar-refractivity contribution in [2.24, 2.45) is 5.41 Å². The van der Waals surface area contributed by atoms with Crippen LogP contribution in [0.4, 0.5) is 5.82 Å². The summed E-state index contributed by atoms with van der Waals surface area (Å²) in [6.07, 6.45) is 2.66. The molecule has 0 atom stereocenters. The zero-order valence-corrected chi connectivity index (χ0v) is 11.0. The molecule has 0 saturated carbocycles. The van der Waals surface area contributed by atoms with Gasteiger partial charge in [0, 0.05) is 18.7 Å². The SMILES string of the molecule is CC1(C)CCN(c2ncnc(Cl)c2CCl)C1. The van der Waals surface area contributed by atoms with E-state index in [2.05, 4.69) is 28.7 Å². The molecule has 0 radical (unpaired) electrons. The first-order valence-electron chi connectivity index (χ1n) is 5.34. The predicted molar refractivity (Wildman–Crippen MR) is 67.2 cm³/mol. The minimum Gasteiger partial charge on any atom is -0.356 e. The van der Waals surface area contributed by atoms with Gasteiger partial charge in [0.1, 0.15) is 17.3 Å². The first kappa shape index (κ1) is 11.9. The molecule has 0 bridgehead atoms. The maximum atomic E-state index is 6.02. The Morgan fingerprint density at radius 3 is 2.75 bits per heavy atom. The van der Waals surface area contributed by atoms with Gasteiger partial charge in [0.15, 0.2) is 0 Å². The molecule has 1 aliphatic heterocycles. The van der Waals surface area contributed by atoms with Crippen molar-refractivity contribution < 1.29 is 0 Å². The largest absolute Gasteiger partial charge is 0.356 e. The van der Waals surface area contributed by atoms with Gasteiger partial charge in [-0.25, -0.2) is 9.97 Å². The Morgan fingerprint density at radius 1 is 1.44 bits per heavy atom. The summed E-state index contributed by atoms with van der Waals surface area (Å²) in [6, 6.07) is 0. The second-order valence-electron chi connectivity index (χ2n) is 4.94. The molecule has 0 aromatic carbocycles. The molecule has 2 rings (SSSR count). The third kappa shape index (κ3) is 2.25. The Labute approximate surface area is 106 Å². The van der Waals surface area contributed by atoms with E-state index in [4.69, 9.17) is 23.2 Å². The van der Waals surface area contributed by atoms with Crippen LogP contribution < -0.4 is 4.90 Å². The number of anilines is 1. The van der Waals surface area contributed by atoms with Crippen molar-refractivity contribution >= 4 is 29.0 Å². The normalized spacial score (nSPS) is 19.1. The Balaban J connectivity index is 2.31. The van der Waals surface area contributed by atoms with Crippen molar-refractivity contribution in [2.75, 3.05) is 18.0 Å². The van der Waals surface area contributed by atoms with Crippen LogP contribution in [0.15, 0.2) is 6.33 Å². The number of nitrogens with zero attached hydrogens (tertiary/aromatic N) is 3. The van der Waals surface area contributed by atoms with Gasteiger partial charge in [-0.05, 0) is 11.8 Å². The number of rotatable bonds is 2. The first-order chi connectivity index (χ1) is 7.53. The Bertz CT molecular complexity index is 393. The Kier molecular flexibility index (Phi) is 3.27. The number of aromatic nitrogens is 2. The molecule has 3 nitrogen and oxygen atoms in total. The Hall–Kier alpha value is -0.540. The van der Waals surface area contributed by atoms with E-state index in [9.17, 15) is 0 Å². The van der Waals surface area contributed by atoms with Crippen LogP contribution in [0, 0.1) is 5.41 Å². The lowest BCUT2D eigenvalue weighted by molar-refractivity contribution is 0.418. The highest BCUT2D eigenvalue weighted by molar-refractivity contribution is 6.31. The monoisotopic (exact) mass is 259 g/mol. The summed E-state index contributed by atoms with van der Waals surface area (Å²) < 4.78 is 0. The van der Waals surface area contributed by atoms with Crippen LogP contribution in [0.25, 0.3) is 0 Å². The van der Waals surface area contributed by atoms with Crippen LogP contribution in [0.3, 0.4) is 0 Å². The summed E-state index contributed by atoms with van der Waals surface area (Å²) in [6.45, 7) is 6.51. The van der Waals surface area contributed by atoms with E-state index < -0.39 is 0 Å². The van der Waals surface area contributed by atoms with Gasteiger partial charge in [-0.3, -0.25) is 0 Å². The third-order valence-electron chi connectivity index (χ3n) is 2.98. The maximum absolute atomic E-state index is 6.02. The maximum Gasteiger partial charge on any atom is 0.138 e. The van der Waals surface area contributed by atoms with E-state index in [0.717, 1.165) is 30.9 Å². The van der Waals surface area contributed by atoms with Gasteiger partial charge in [-0.2, -0.15) is 0 Å². The van der Waals surface area contributed by atoms with Crippen LogP contribution in [0.2, 0.25) is 5.15 Å². The average molecular weight is 260 g/mol. The molecule has 0 aliphatic carbocycles. The van der Waals surface area contributed by atoms with Crippen molar-refractivity contribution in [3.05, 3.63) is 17.0 Å². The summed E-state index contributed by atoms with van der Waals surface area (Å²) in [5.74, 6) is 1.24. The second kappa shape index (κ2) is 4.38. The first-order valence-corrected chi connectivity index (χ1v) is 6.25. The van der Waals surface area contributed by atoms with E-state index >= 15 is 0 Å². The van der Waals surface area contributed by atoms with Crippen molar-refractivity contribution in [1.82, 2.24) is 9.97 Å². The minimum atomic E-state index is 0.334. The Morgan fingerprint density at radius 2 is 2.19 bits per heavy atom. The number of alkyl halides is 1. The summed E-state index contributed by atoms with van der Waals surface area (Å²) in [5, 5.41) is 0.463. The van der Waals surface area contributed by atoms with Crippen LogP contribution in [0.1, 0.15) is 25.8 Å². The molecule has 88 valence electrons. The lowest BCUT2D eigenvalue weighted by Crippen LogP contribution is -2.24. The van der Waals surface area contributed by atoms with Crippen LogP contribution in [-0.4, -0.2) is 23.1 Å². The van der Waals surface area contributed by atoms with Gasteiger partial charge in [-0.1, -0.05) is 25.4 Å². The molecule has 16 heavy (non-hydrogen) atoms. The van der Waals surface area contributed by atoms with E-state index in [1.807, 2.05) is 0 Å². The number of halogens is 2. The summed E-state index contributed by atoms with van der Waals surface area (Å²) in [5.41, 5.74) is 1.17. The van der Waals surface area contributed by atoms with Crippen molar-refractivity contribution in [3.8, 4) is 0 Å². The molecular formula is C11H15Cl2N3. The molecule has 1 aromatic heterocycles. The van der Waals surface area contributed by atoms with Crippen LogP contribution in [-0.2, 0) is 5.88 Å². The van der Waals surface area contributed by atoms with E-state index in [0.29, 0.717) is 16.4 Å². The molecule has 1 fully saturated rings. The smallest absolute Gasteiger partial charge is 0.138 e. The van der Waals surface area contributed by atoms with Crippen molar-refractivity contribution in [1.29, 1.82) is 0 Å². The van der Waals surface area contributed by atoms with Gasteiger partial charge in [0.25, 0.3) is 0 Å². The average Bonchev–Trinajstić information content (AvgIpc) is 2.58. The quantitative estimate of drug-likeness (QED) is 0.604. The van der Waals surface area contributed by atoms with E-state index in [1.165, 1.54) is 6.33 Å². The zero-order chi connectivity index (χ0) is 11.8. The zero-order valence-electron chi connectivity index (χ0n) is 9.50. The summed E-state index contributed by atoms with van der Waals surface area (Å²) in [4.78, 5) is 10.5. The molecule has 1 aliphatic rings. The highest BCUT2D eigenvalue weighted by Crippen LogP contribution is 2.34. The van der Waals surface area contributed by atoms with Crippen LogP contribution >= 0.6 is 23.2 Å². The highest BCUT2D eigenvalue weighted by Gasteiger charge is 2.31. The van der Waals surface area contributed by atoms with Gasteiger partial charge < -0.3 is 4.90 Å². The fourth-order valence-electron chi connectivity index (χ4n) is 2.06. The molecule has 0 spiro atoms. The third-order valence-corrected chi connectivity index (χ3v) is 3.57. The topological polar surface area (TPSA) is 29.0 Å². The lowest BCUT2D eigenvalue weighted by atomic mass is 9.93. The molecule has 2 heterocycles.